The van der Waals surface area contributed by atoms with E-state index in [2.05, 4.69) is 15.5 Å². The van der Waals surface area contributed by atoms with E-state index in [1.54, 1.807) is 6.20 Å². The molecule has 90 valence electrons. The van der Waals surface area contributed by atoms with Crippen LogP contribution >= 0.6 is 11.6 Å². The third kappa shape index (κ3) is 3.30. The van der Waals surface area contributed by atoms with Crippen molar-refractivity contribution in [1.29, 1.82) is 0 Å². The fraction of sp³-hybridized carbons (Fsp3) is 0.250. The van der Waals surface area contributed by atoms with Crippen molar-refractivity contribution in [3.05, 3.63) is 52.8 Å². The fourth-order valence-corrected chi connectivity index (χ4v) is 1.73. The lowest BCUT2D eigenvalue weighted by Crippen LogP contribution is -2.24. The SMILES string of the molecule is OCC(NCc1ccn[nH]1)c1ccc(Cl)cc1. The number of aromatic nitrogens is 2. The van der Waals surface area contributed by atoms with E-state index in [4.69, 9.17) is 11.6 Å². The number of hydrogen-bond acceptors (Lipinski definition) is 3. The van der Waals surface area contributed by atoms with Gasteiger partial charge in [0, 0.05) is 23.5 Å². The number of benzene rings is 1. The molecule has 0 spiro atoms. The van der Waals surface area contributed by atoms with Gasteiger partial charge in [0.05, 0.1) is 12.6 Å². The van der Waals surface area contributed by atoms with Crippen LogP contribution in [0, 0.1) is 0 Å². The number of rotatable bonds is 5. The highest BCUT2D eigenvalue weighted by Crippen LogP contribution is 2.16. The Hall–Kier alpha value is -1.36. The van der Waals surface area contributed by atoms with Crippen LogP contribution < -0.4 is 5.32 Å². The molecule has 1 unspecified atom stereocenters. The molecule has 1 aromatic carbocycles. The quantitative estimate of drug-likeness (QED) is 0.761. The van der Waals surface area contributed by atoms with Gasteiger partial charge in [-0.3, -0.25) is 5.10 Å². The molecular formula is C12H14ClN3O. The van der Waals surface area contributed by atoms with Gasteiger partial charge in [-0.1, -0.05) is 23.7 Å². The van der Waals surface area contributed by atoms with Crippen molar-refractivity contribution in [3.8, 4) is 0 Å². The molecule has 5 heteroatoms. The summed E-state index contributed by atoms with van der Waals surface area (Å²) < 4.78 is 0. The van der Waals surface area contributed by atoms with Gasteiger partial charge in [0.1, 0.15) is 0 Å². The number of aromatic amines is 1. The standard InChI is InChI=1S/C12H14ClN3O/c13-10-3-1-9(2-4-10)12(8-17)14-7-11-5-6-15-16-11/h1-6,12,14,17H,7-8H2,(H,15,16). The summed E-state index contributed by atoms with van der Waals surface area (Å²) in [6.07, 6.45) is 1.70. The minimum absolute atomic E-state index is 0.0375. The van der Waals surface area contributed by atoms with Crippen molar-refractivity contribution >= 4 is 11.6 Å². The predicted molar refractivity (Wildman–Crippen MR) is 66.7 cm³/mol. The van der Waals surface area contributed by atoms with Gasteiger partial charge in [-0.2, -0.15) is 5.10 Å². The molecule has 17 heavy (non-hydrogen) atoms. The Morgan fingerprint density at radius 1 is 1.29 bits per heavy atom. The molecule has 0 aliphatic carbocycles. The lowest BCUT2D eigenvalue weighted by atomic mass is 10.1. The van der Waals surface area contributed by atoms with Crippen molar-refractivity contribution in [2.45, 2.75) is 12.6 Å². The maximum atomic E-state index is 9.36. The highest BCUT2D eigenvalue weighted by atomic mass is 35.5. The third-order valence-electron chi connectivity index (χ3n) is 2.55. The molecule has 0 aliphatic heterocycles. The number of hydrogen-bond donors (Lipinski definition) is 3. The molecule has 0 saturated heterocycles. The molecule has 2 aromatic rings. The molecule has 4 nitrogen and oxygen atoms in total. The van der Waals surface area contributed by atoms with Gasteiger partial charge in [0.2, 0.25) is 0 Å². The summed E-state index contributed by atoms with van der Waals surface area (Å²) in [6.45, 7) is 0.670. The van der Waals surface area contributed by atoms with Gasteiger partial charge in [0.25, 0.3) is 0 Å². The summed E-state index contributed by atoms with van der Waals surface area (Å²) in [5.41, 5.74) is 1.99. The van der Waals surface area contributed by atoms with Crippen LogP contribution in [0.25, 0.3) is 0 Å². The summed E-state index contributed by atoms with van der Waals surface area (Å²) in [5.74, 6) is 0. The first-order valence-electron chi connectivity index (χ1n) is 5.37. The summed E-state index contributed by atoms with van der Waals surface area (Å²) in [4.78, 5) is 0. The first-order valence-corrected chi connectivity index (χ1v) is 5.75. The van der Waals surface area contributed by atoms with Crippen LogP contribution in [0.15, 0.2) is 36.5 Å². The van der Waals surface area contributed by atoms with Gasteiger partial charge in [-0.25, -0.2) is 0 Å². The number of nitrogens with zero attached hydrogens (tertiary/aromatic N) is 1. The smallest absolute Gasteiger partial charge is 0.0626 e. The topological polar surface area (TPSA) is 60.9 Å². The Balaban J connectivity index is 1.99. The Labute approximate surface area is 105 Å². The normalized spacial score (nSPS) is 12.6. The minimum Gasteiger partial charge on any atom is -0.394 e. The average Bonchev–Trinajstić information content (AvgIpc) is 2.85. The second-order valence-corrected chi connectivity index (χ2v) is 4.19. The van der Waals surface area contributed by atoms with Crippen LogP contribution in [0.4, 0.5) is 0 Å². The van der Waals surface area contributed by atoms with Crippen molar-refractivity contribution < 1.29 is 5.11 Å². The molecule has 2 rings (SSSR count). The van der Waals surface area contributed by atoms with Crippen LogP contribution in [0.5, 0.6) is 0 Å². The largest absolute Gasteiger partial charge is 0.394 e. The number of H-pyrrole nitrogens is 1. The zero-order chi connectivity index (χ0) is 12.1. The van der Waals surface area contributed by atoms with Crippen LogP contribution in [-0.4, -0.2) is 21.9 Å². The van der Waals surface area contributed by atoms with Crippen molar-refractivity contribution in [2.24, 2.45) is 0 Å². The second kappa shape index (κ2) is 5.82. The van der Waals surface area contributed by atoms with E-state index in [1.165, 1.54) is 0 Å². The zero-order valence-electron chi connectivity index (χ0n) is 9.23. The van der Waals surface area contributed by atoms with Gasteiger partial charge >= 0.3 is 0 Å². The third-order valence-corrected chi connectivity index (χ3v) is 2.80. The molecule has 0 saturated carbocycles. The van der Waals surface area contributed by atoms with Gasteiger partial charge < -0.3 is 10.4 Å². The van der Waals surface area contributed by atoms with Crippen LogP contribution in [0.3, 0.4) is 0 Å². The summed E-state index contributed by atoms with van der Waals surface area (Å²) in [7, 11) is 0. The van der Waals surface area contributed by atoms with Crippen molar-refractivity contribution in [1.82, 2.24) is 15.5 Å². The van der Waals surface area contributed by atoms with Crippen LogP contribution in [0.2, 0.25) is 5.02 Å². The average molecular weight is 252 g/mol. The number of aliphatic hydroxyl groups excluding tert-OH is 1. The zero-order valence-corrected chi connectivity index (χ0v) is 9.98. The van der Waals surface area contributed by atoms with Crippen molar-refractivity contribution in [2.75, 3.05) is 6.61 Å². The van der Waals surface area contributed by atoms with E-state index in [1.807, 2.05) is 30.3 Å². The molecule has 0 fully saturated rings. The van der Waals surface area contributed by atoms with E-state index in [-0.39, 0.29) is 12.6 Å². The molecule has 0 bridgehead atoms. The van der Waals surface area contributed by atoms with Gasteiger partial charge in [0.15, 0.2) is 0 Å². The van der Waals surface area contributed by atoms with Gasteiger partial charge in [-0.05, 0) is 23.8 Å². The number of nitrogens with one attached hydrogen (secondary N) is 2. The molecule has 1 aromatic heterocycles. The molecule has 1 heterocycles. The van der Waals surface area contributed by atoms with Crippen LogP contribution in [0.1, 0.15) is 17.3 Å². The summed E-state index contributed by atoms with van der Waals surface area (Å²) in [5, 5.41) is 20.0. The number of aliphatic hydroxyl groups is 1. The van der Waals surface area contributed by atoms with E-state index in [0.717, 1.165) is 11.3 Å². The first-order chi connectivity index (χ1) is 8.29. The predicted octanol–water partition coefficient (Wildman–Crippen LogP) is 1.89. The Morgan fingerprint density at radius 3 is 2.65 bits per heavy atom. The Morgan fingerprint density at radius 2 is 2.06 bits per heavy atom. The maximum Gasteiger partial charge on any atom is 0.0626 e. The van der Waals surface area contributed by atoms with Crippen molar-refractivity contribution in [3.63, 3.8) is 0 Å². The summed E-state index contributed by atoms with van der Waals surface area (Å²) >= 11 is 5.82. The van der Waals surface area contributed by atoms with E-state index in [0.29, 0.717) is 11.6 Å². The lowest BCUT2D eigenvalue weighted by Gasteiger charge is -2.16. The van der Waals surface area contributed by atoms with Crippen LogP contribution in [-0.2, 0) is 6.54 Å². The molecular weight excluding hydrogens is 238 g/mol. The molecule has 1 atom stereocenters. The molecule has 0 radical (unpaired) electrons. The van der Waals surface area contributed by atoms with E-state index in [9.17, 15) is 5.11 Å². The second-order valence-electron chi connectivity index (χ2n) is 3.75. The fourth-order valence-electron chi connectivity index (χ4n) is 1.60. The maximum absolute atomic E-state index is 9.36. The first kappa shape index (κ1) is 12.1. The molecule has 0 amide bonds. The lowest BCUT2D eigenvalue weighted by molar-refractivity contribution is 0.243. The molecule has 0 aliphatic rings. The number of halogens is 1. The highest BCUT2D eigenvalue weighted by molar-refractivity contribution is 6.30. The Kier molecular flexibility index (Phi) is 4.14. The van der Waals surface area contributed by atoms with Gasteiger partial charge in [-0.15, -0.1) is 0 Å². The Bertz CT molecular complexity index is 441. The van der Waals surface area contributed by atoms with E-state index < -0.39 is 0 Å². The minimum atomic E-state index is -0.101. The monoisotopic (exact) mass is 251 g/mol. The highest BCUT2D eigenvalue weighted by Gasteiger charge is 2.09. The van der Waals surface area contributed by atoms with E-state index >= 15 is 0 Å². The summed E-state index contributed by atoms with van der Waals surface area (Å²) in [6, 6.07) is 9.24. The molecule has 3 N–H and O–H groups in total.